The van der Waals surface area contributed by atoms with E-state index in [1.54, 1.807) is 19.1 Å². The van der Waals surface area contributed by atoms with E-state index in [1.165, 1.54) is 6.07 Å². The molecule has 0 aliphatic heterocycles. The minimum absolute atomic E-state index is 0.0207. The van der Waals surface area contributed by atoms with E-state index in [-0.39, 0.29) is 18.0 Å². The first kappa shape index (κ1) is 15.2. The Morgan fingerprint density at radius 2 is 2.16 bits per heavy atom. The summed E-state index contributed by atoms with van der Waals surface area (Å²) in [5.74, 6) is 0.285. The van der Waals surface area contributed by atoms with Crippen LogP contribution in [0, 0.1) is 10.1 Å². The molecule has 0 bridgehead atoms. The summed E-state index contributed by atoms with van der Waals surface area (Å²) in [6.45, 7) is 3.16. The van der Waals surface area contributed by atoms with Crippen molar-refractivity contribution in [2.45, 2.75) is 26.2 Å². The molecule has 106 valence electrons. The van der Waals surface area contributed by atoms with Gasteiger partial charge < -0.3 is 15.2 Å². The number of hydrogen-bond donors (Lipinski definition) is 2. The Morgan fingerprint density at radius 1 is 1.37 bits per heavy atom. The molecule has 19 heavy (non-hydrogen) atoms. The molecule has 0 aromatic heterocycles. The number of nitrogens with zero attached hydrogens (tertiary/aromatic N) is 1. The maximum Gasteiger partial charge on any atom is 0.311 e. The Morgan fingerprint density at radius 3 is 2.79 bits per heavy atom. The quantitative estimate of drug-likeness (QED) is 0.408. The van der Waals surface area contributed by atoms with Gasteiger partial charge in [0.1, 0.15) is 0 Å². The van der Waals surface area contributed by atoms with Crippen LogP contribution < -0.4 is 10.1 Å². The topological polar surface area (TPSA) is 84.6 Å². The van der Waals surface area contributed by atoms with Crippen molar-refractivity contribution >= 4 is 11.4 Å². The summed E-state index contributed by atoms with van der Waals surface area (Å²) in [4.78, 5) is 10.4. The van der Waals surface area contributed by atoms with Gasteiger partial charge in [-0.2, -0.15) is 0 Å². The predicted molar refractivity (Wildman–Crippen MR) is 73.7 cm³/mol. The van der Waals surface area contributed by atoms with Crippen LogP contribution in [0.2, 0.25) is 0 Å². The van der Waals surface area contributed by atoms with Gasteiger partial charge in [-0.1, -0.05) is 0 Å². The Bertz CT molecular complexity index is 410. The molecule has 0 heterocycles. The van der Waals surface area contributed by atoms with Gasteiger partial charge in [0.15, 0.2) is 5.75 Å². The number of unbranched alkanes of at least 4 members (excludes halogenated alkanes) is 2. The minimum atomic E-state index is -0.448. The standard InChI is InChI=1S/C13H20N2O4/c1-2-19-13-10-11(6-7-12(13)15(17)18)14-8-4-3-5-9-16/h6-7,10,14,16H,2-5,8-9H2,1H3. The zero-order chi connectivity index (χ0) is 14.1. The molecule has 0 saturated heterocycles. The summed E-state index contributed by atoms with van der Waals surface area (Å²) in [5.41, 5.74) is 0.783. The van der Waals surface area contributed by atoms with E-state index < -0.39 is 4.92 Å². The SMILES string of the molecule is CCOc1cc(NCCCCCO)ccc1[N+](=O)[O-]. The molecule has 0 spiro atoms. The maximum absolute atomic E-state index is 10.8. The molecule has 1 aromatic rings. The van der Waals surface area contributed by atoms with E-state index in [1.807, 2.05) is 0 Å². The van der Waals surface area contributed by atoms with Gasteiger partial charge in [-0.05, 0) is 32.3 Å². The summed E-state index contributed by atoms with van der Waals surface area (Å²) in [6.07, 6.45) is 2.70. The molecular weight excluding hydrogens is 248 g/mol. The maximum atomic E-state index is 10.8. The molecule has 0 atom stereocenters. The fourth-order valence-corrected chi connectivity index (χ4v) is 1.69. The Hall–Kier alpha value is -1.82. The number of rotatable bonds is 9. The fraction of sp³-hybridized carbons (Fsp3) is 0.538. The third-order valence-corrected chi connectivity index (χ3v) is 2.62. The van der Waals surface area contributed by atoms with Crippen molar-refractivity contribution in [3.05, 3.63) is 28.3 Å². The van der Waals surface area contributed by atoms with Gasteiger partial charge in [0, 0.05) is 31.0 Å². The molecule has 0 aliphatic carbocycles. The van der Waals surface area contributed by atoms with Crippen LogP contribution >= 0.6 is 0 Å². The van der Waals surface area contributed by atoms with Crippen molar-refractivity contribution in [1.29, 1.82) is 0 Å². The van der Waals surface area contributed by atoms with Crippen molar-refractivity contribution in [2.75, 3.05) is 25.1 Å². The highest BCUT2D eigenvalue weighted by molar-refractivity contribution is 5.57. The van der Waals surface area contributed by atoms with Crippen LogP contribution in [0.25, 0.3) is 0 Å². The number of nitro benzene ring substituents is 1. The zero-order valence-corrected chi connectivity index (χ0v) is 11.1. The van der Waals surface area contributed by atoms with E-state index in [0.29, 0.717) is 6.61 Å². The van der Waals surface area contributed by atoms with Crippen molar-refractivity contribution in [2.24, 2.45) is 0 Å². The number of hydrogen-bond acceptors (Lipinski definition) is 5. The molecule has 0 unspecified atom stereocenters. The lowest BCUT2D eigenvalue weighted by Gasteiger charge is -2.09. The Balaban J connectivity index is 2.59. The third kappa shape index (κ3) is 5.13. The first-order valence-corrected chi connectivity index (χ1v) is 6.45. The molecule has 6 heteroatoms. The lowest BCUT2D eigenvalue weighted by atomic mass is 10.2. The van der Waals surface area contributed by atoms with Crippen LogP contribution in [0.5, 0.6) is 5.75 Å². The van der Waals surface area contributed by atoms with E-state index in [4.69, 9.17) is 9.84 Å². The van der Waals surface area contributed by atoms with Crippen LogP contribution in [0.3, 0.4) is 0 Å². The van der Waals surface area contributed by atoms with Gasteiger partial charge in [-0.25, -0.2) is 0 Å². The van der Waals surface area contributed by atoms with Gasteiger partial charge in [0.2, 0.25) is 0 Å². The monoisotopic (exact) mass is 268 g/mol. The van der Waals surface area contributed by atoms with Crippen LogP contribution in [-0.4, -0.2) is 29.8 Å². The van der Waals surface area contributed by atoms with E-state index in [9.17, 15) is 10.1 Å². The largest absolute Gasteiger partial charge is 0.487 e. The number of aliphatic hydroxyl groups is 1. The van der Waals surface area contributed by atoms with Crippen LogP contribution in [0.1, 0.15) is 26.2 Å². The summed E-state index contributed by atoms with van der Waals surface area (Å²) >= 11 is 0. The van der Waals surface area contributed by atoms with Crippen molar-refractivity contribution in [3.63, 3.8) is 0 Å². The first-order valence-electron chi connectivity index (χ1n) is 6.45. The number of aliphatic hydroxyl groups excluding tert-OH is 1. The molecule has 1 rings (SSSR count). The second kappa shape index (κ2) is 8.31. The van der Waals surface area contributed by atoms with E-state index in [2.05, 4.69) is 5.32 Å². The Labute approximate surface area is 112 Å². The molecule has 2 N–H and O–H groups in total. The summed E-state index contributed by atoms with van der Waals surface area (Å²) < 4.78 is 5.27. The van der Waals surface area contributed by atoms with Gasteiger partial charge >= 0.3 is 5.69 Å². The Kier molecular flexibility index (Phi) is 6.67. The lowest BCUT2D eigenvalue weighted by Crippen LogP contribution is -2.03. The summed E-state index contributed by atoms with van der Waals surface area (Å²) in [7, 11) is 0. The number of nitrogens with one attached hydrogen (secondary N) is 1. The molecule has 0 fully saturated rings. The van der Waals surface area contributed by atoms with E-state index in [0.717, 1.165) is 31.5 Å². The average Bonchev–Trinajstić information content (AvgIpc) is 2.39. The summed E-state index contributed by atoms with van der Waals surface area (Å²) in [5, 5.41) is 22.7. The molecule has 6 nitrogen and oxygen atoms in total. The van der Waals surface area contributed by atoms with Gasteiger partial charge in [0.25, 0.3) is 0 Å². The molecule has 0 amide bonds. The molecular formula is C13H20N2O4. The van der Waals surface area contributed by atoms with Crippen molar-refractivity contribution < 1.29 is 14.8 Å². The average molecular weight is 268 g/mol. The van der Waals surface area contributed by atoms with Gasteiger partial charge in [-0.3, -0.25) is 10.1 Å². The second-order valence-corrected chi connectivity index (χ2v) is 4.08. The van der Waals surface area contributed by atoms with Crippen LogP contribution in [0.15, 0.2) is 18.2 Å². The molecule has 0 saturated carbocycles. The van der Waals surface area contributed by atoms with Gasteiger partial charge in [0.05, 0.1) is 11.5 Å². The van der Waals surface area contributed by atoms with Gasteiger partial charge in [-0.15, -0.1) is 0 Å². The third-order valence-electron chi connectivity index (χ3n) is 2.62. The normalized spacial score (nSPS) is 10.2. The minimum Gasteiger partial charge on any atom is -0.487 e. The van der Waals surface area contributed by atoms with Crippen molar-refractivity contribution in [3.8, 4) is 5.75 Å². The highest BCUT2D eigenvalue weighted by Crippen LogP contribution is 2.30. The molecule has 0 radical (unpaired) electrons. The van der Waals surface area contributed by atoms with E-state index >= 15 is 0 Å². The number of benzene rings is 1. The predicted octanol–water partition coefficient (Wildman–Crippen LogP) is 2.57. The number of anilines is 1. The number of ether oxygens (including phenoxy) is 1. The first-order chi connectivity index (χ1) is 9.19. The smallest absolute Gasteiger partial charge is 0.311 e. The van der Waals surface area contributed by atoms with Crippen molar-refractivity contribution in [1.82, 2.24) is 0 Å². The molecule has 0 aliphatic rings. The summed E-state index contributed by atoms with van der Waals surface area (Å²) in [6, 6.07) is 4.77. The molecule has 1 aromatic carbocycles. The highest BCUT2D eigenvalue weighted by Gasteiger charge is 2.14. The fourth-order valence-electron chi connectivity index (χ4n) is 1.69. The second-order valence-electron chi connectivity index (χ2n) is 4.08. The highest BCUT2D eigenvalue weighted by atomic mass is 16.6. The van der Waals surface area contributed by atoms with Crippen LogP contribution in [0.4, 0.5) is 11.4 Å². The zero-order valence-electron chi connectivity index (χ0n) is 11.1. The number of nitro groups is 1. The van der Waals surface area contributed by atoms with Crippen LogP contribution in [-0.2, 0) is 0 Å². The lowest BCUT2D eigenvalue weighted by molar-refractivity contribution is -0.385.